The Bertz CT molecular complexity index is 235. The van der Waals surface area contributed by atoms with Crippen LogP contribution in [0.4, 0.5) is 0 Å². The lowest BCUT2D eigenvalue weighted by Gasteiger charge is -2.23. The van der Waals surface area contributed by atoms with E-state index in [0.717, 1.165) is 12.1 Å². The zero-order valence-corrected chi connectivity index (χ0v) is 8.17. The molecule has 0 aromatic rings. The van der Waals surface area contributed by atoms with E-state index in [0.29, 0.717) is 5.92 Å². The van der Waals surface area contributed by atoms with Crippen LogP contribution in [0.15, 0.2) is 36.2 Å². The number of allylic oxidation sites excluding steroid dienone is 4. The van der Waals surface area contributed by atoms with Gasteiger partial charge in [-0.25, -0.2) is 0 Å². The first-order valence-electron chi connectivity index (χ1n) is 4.39. The number of hydrogen-bond acceptors (Lipinski definition) is 1. The molecule has 0 spiro atoms. The van der Waals surface area contributed by atoms with Crippen molar-refractivity contribution in [3.63, 3.8) is 0 Å². The van der Waals surface area contributed by atoms with Gasteiger partial charge in [-0.1, -0.05) is 25.7 Å². The summed E-state index contributed by atoms with van der Waals surface area (Å²) in [5.41, 5.74) is 2.35. The zero-order chi connectivity index (χ0) is 9.14. The smallest absolute Gasteiger partial charge is 0.0361 e. The third-order valence-electron chi connectivity index (χ3n) is 2.25. The van der Waals surface area contributed by atoms with Crippen molar-refractivity contribution in [3.8, 4) is 0 Å². The fourth-order valence-electron chi connectivity index (χ4n) is 1.19. The van der Waals surface area contributed by atoms with E-state index in [1.165, 1.54) is 5.70 Å². The van der Waals surface area contributed by atoms with Crippen molar-refractivity contribution in [1.82, 2.24) is 4.90 Å². The highest BCUT2D eigenvalue weighted by molar-refractivity contribution is 5.24. The molecule has 1 aliphatic rings. The van der Waals surface area contributed by atoms with Crippen molar-refractivity contribution in [3.05, 3.63) is 36.2 Å². The Balaban J connectivity index is 2.66. The maximum atomic E-state index is 3.90. The lowest BCUT2D eigenvalue weighted by atomic mass is 10.0. The van der Waals surface area contributed by atoms with Crippen molar-refractivity contribution in [2.24, 2.45) is 5.92 Å². The van der Waals surface area contributed by atoms with Crippen molar-refractivity contribution >= 4 is 0 Å². The number of rotatable bonds is 2. The van der Waals surface area contributed by atoms with E-state index in [9.17, 15) is 0 Å². The molecule has 0 bridgehead atoms. The molecule has 0 N–H and O–H groups in total. The van der Waals surface area contributed by atoms with Crippen LogP contribution in [0.25, 0.3) is 0 Å². The predicted octanol–water partition coefficient (Wildman–Crippen LogP) is 2.93. The average Bonchev–Trinajstić information content (AvgIpc) is 2.04. The van der Waals surface area contributed by atoms with Crippen LogP contribution < -0.4 is 0 Å². The van der Waals surface area contributed by atoms with Gasteiger partial charge in [0.1, 0.15) is 0 Å². The van der Waals surface area contributed by atoms with Gasteiger partial charge in [-0.2, -0.15) is 0 Å². The second kappa shape index (κ2) is 3.61. The van der Waals surface area contributed by atoms with Crippen LogP contribution in [-0.4, -0.2) is 11.9 Å². The molecule has 0 radical (unpaired) electrons. The Morgan fingerprint density at radius 2 is 2.33 bits per heavy atom. The molecule has 0 saturated carbocycles. The minimum absolute atomic E-state index is 0.687. The van der Waals surface area contributed by atoms with E-state index in [1.54, 1.807) is 0 Å². The maximum absolute atomic E-state index is 3.90. The van der Waals surface area contributed by atoms with Gasteiger partial charge in [-0.15, -0.1) is 0 Å². The Hall–Kier alpha value is -0.980. The van der Waals surface area contributed by atoms with Crippen molar-refractivity contribution in [2.45, 2.75) is 20.3 Å². The van der Waals surface area contributed by atoms with E-state index >= 15 is 0 Å². The molecule has 1 aliphatic carbocycles. The van der Waals surface area contributed by atoms with Crippen LogP contribution in [0, 0.1) is 5.92 Å². The summed E-state index contributed by atoms with van der Waals surface area (Å²) in [4.78, 5) is 2.11. The van der Waals surface area contributed by atoms with Gasteiger partial charge in [-0.05, 0) is 25.3 Å². The van der Waals surface area contributed by atoms with Gasteiger partial charge in [0.2, 0.25) is 0 Å². The number of likely N-dealkylation sites (N-methyl/N-ethyl adjacent to an activating group) is 1. The number of hydrogen-bond donors (Lipinski definition) is 0. The highest BCUT2D eigenvalue weighted by atomic mass is 15.1. The monoisotopic (exact) mass is 163 g/mol. The molecule has 1 rings (SSSR count). The van der Waals surface area contributed by atoms with Crippen LogP contribution in [0.1, 0.15) is 20.3 Å². The second-order valence-electron chi connectivity index (χ2n) is 3.50. The predicted molar refractivity (Wildman–Crippen MR) is 53.6 cm³/mol. The summed E-state index contributed by atoms with van der Waals surface area (Å²) in [6.45, 7) is 8.15. The van der Waals surface area contributed by atoms with Crippen LogP contribution in [-0.2, 0) is 0 Å². The molecule has 0 aliphatic heterocycles. The van der Waals surface area contributed by atoms with Crippen LogP contribution in [0.2, 0.25) is 0 Å². The molecule has 1 atom stereocenters. The number of nitrogens with zero attached hydrogens (tertiary/aromatic N) is 1. The lowest BCUT2D eigenvalue weighted by molar-refractivity contribution is 0.527. The maximum Gasteiger partial charge on any atom is 0.0361 e. The fraction of sp³-hybridized carbons (Fsp3) is 0.455. The normalized spacial score (nSPS) is 21.9. The molecular weight excluding hydrogens is 146 g/mol. The third-order valence-corrected chi connectivity index (χ3v) is 2.25. The third kappa shape index (κ3) is 2.00. The summed E-state index contributed by atoms with van der Waals surface area (Å²) in [6.07, 6.45) is 7.82. The van der Waals surface area contributed by atoms with Gasteiger partial charge in [0.25, 0.3) is 0 Å². The van der Waals surface area contributed by atoms with Gasteiger partial charge >= 0.3 is 0 Å². The highest BCUT2D eigenvalue weighted by Crippen LogP contribution is 2.19. The Morgan fingerprint density at radius 1 is 1.67 bits per heavy atom. The first kappa shape index (κ1) is 9.11. The van der Waals surface area contributed by atoms with Gasteiger partial charge in [0.15, 0.2) is 0 Å². The summed E-state index contributed by atoms with van der Waals surface area (Å²) in [7, 11) is 2.05. The molecule has 66 valence electrons. The molecule has 1 unspecified atom stereocenters. The van der Waals surface area contributed by atoms with Gasteiger partial charge in [0.05, 0.1) is 0 Å². The summed E-state index contributed by atoms with van der Waals surface area (Å²) in [5.74, 6) is 0.687. The molecule has 0 heterocycles. The quantitative estimate of drug-likeness (QED) is 0.605. The summed E-state index contributed by atoms with van der Waals surface area (Å²) in [5, 5.41) is 0. The molecule has 1 heteroatoms. The van der Waals surface area contributed by atoms with Crippen molar-refractivity contribution in [1.29, 1.82) is 0 Å². The van der Waals surface area contributed by atoms with Gasteiger partial charge < -0.3 is 4.90 Å². The molecule has 1 nitrogen and oxygen atoms in total. The first-order chi connectivity index (χ1) is 5.61. The van der Waals surface area contributed by atoms with Crippen molar-refractivity contribution < 1.29 is 0 Å². The highest BCUT2D eigenvalue weighted by Gasteiger charge is 2.06. The Kier molecular flexibility index (Phi) is 2.74. The minimum atomic E-state index is 0.687. The van der Waals surface area contributed by atoms with E-state index in [2.05, 4.69) is 43.7 Å². The Labute approximate surface area is 75.1 Å². The molecule has 0 saturated heterocycles. The summed E-state index contributed by atoms with van der Waals surface area (Å²) >= 11 is 0. The van der Waals surface area contributed by atoms with Crippen molar-refractivity contribution in [2.75, 3.05) is 7.05 Å². The largest absolute Gasteiger partial charge is 0.349 e. The Morgan fingerprint density at radius 3 is 2.75 bits per heavy atom. The fourth-order valence-corrected chi connectivity index (χ4v) is 1.19. The SMILES string of the molecule is C=C(C)N(C)C1=CCC(C)C=C1. The summed E-state index contributed by atoms with van der Waals surface area (Å²) < 4.78 is 0. The van der Waals surface area contributed by atoms with Crippen LogP contribution >= 0.6 is 0 Å². The minimum Gasteiger partial charge on any atom is -0.349 e. The van der Waals surface area contributed by atoms with E-state index in [1.807, 2.05) is 6.92 Å². The molecular formula is C11H17N. The topological polar surface area (TPSA) is 3.24 Å². The average molecular weight is 163 g/mol. The second-order valence-corrected chi connectivity index (χ2v) is 3.50. The van der Waals surface area contributed by atoms with Gasteiger partial charge in [-0.3, -0.25) is 0 Å². The van der Waals surface area contributed by atoms with E-state index < -0.39 is 0 Å². The lowest BCUT2D eigenvalue weighted by Crippen LogP contribution is -2.15. The summed E-state index contributed by atoms with van der Waals surface area (Å²) in [6, 6.07) is 0. The molecule has 0 fully saturated rings. The zero-order valence-electron chi connectivity index (χ0n) is 8.17. The van der Waals surface area contributed by atoms with Gasteiger partial charge in [0, 0.05) is 18.4 Å². The van der Waals surface area contributed by atoms with Crippen LogP contribution in [0.5, 0.6) is 0 Å². The van der Waals surface area contributed by atoms with E-state index in [-0.39, 0.29) is 0 Å². The van der Waals surface area contributed by atoms with E-state index in [4.69, 9.17) is 0 Å². The first-order valence-corrected chi connectivity index (χ1v) is 4.39. The molecule has 0 aromatic heterocycles. The molecule has 12 heavy (non-hydrogen) atoms. The standard InChI is InChI=1S/C11H17N/c1-9(2)12(4)11-7-5-10(3)6-8-11/h5,7-8,10H,1,6H2,2-4H3. The van der Waals surface area contributed by atoms with Crippen LogP contribution in [0.3, 0.4) is 0 Å². The molecule has 0 amide bonds. The molecule has 0 aromatic carbocycles.